The van der Waals surface area contributed by atoms with Crippen LogP contribution in [-0.2, 0) is 9.53 Å². The Morgan fingerprint density at radius 2 is 2.23 bits per heavy atom. The summed E-state index contributed by atoms with van der Waals surface area (Å²) in [6, 6.07) is 0. The summed E-state index contributed by atoms with van der Waals surface area (Å²) in [7, 11) is 0. The second-order valence-electron chi connectivity index (χ2n) is 3.80. The molecular weight excluding hydrogens is 168 g/mol. The number of carbonyl (C=O) groups excluding carboxylic acids is 1. The molecule has 0 bridgehead atoms. The lowest BCUT2D eigenvalue weighted by Crippen LogP contribution is -2.32. The van der Waals surface area contributed by atoms with E-state index < -0.39 is 0 Å². The third-order valence-electron chi connectivity index (χ3n) is 2.73. The predicted molar refractivity (Wildman–Crippen MR) is 49.1 cm³/mol. The minimum atomic E-state index is -0.222. The highest BCUT2D eigenvalue weighted by molar-refractivity contribution is 5.72. The SMILES string of the molecule is CCOC(=O)[C@H]1CC[C@@H](O)C[C@@H]1C. The van der Waals surface area contributed by atoms with Crippen LogP contribution in [0.25, 0.3) is 0 Å². The zero-order valence-corrected chi connectivity index (χ0v) is 8.32. The van der Waals surface area contributed by atoms with Gasteiger partial charge in [0.15, 0.2) is 0 Å². The Hall–Kier alpha value is -0.570. The number of aliphatic hydroxyl groups is 1. The molecule has 1 N–H and O–H groups in total. The molecule has 1 rings (SSSR count). The summed E-state index contributed by atoms with van der Waals surface area (Å²) in [6.07, 6.45) is 2.00. The molecule has 3 nitrogen and oxygen atoms in total. The fourth-order valence-electron chi connectivity index (χ4n) is 1.97. The lowest BCUT2D eigenvalue weighted by atomic mass is 9.79. The zero-order chi connectivity index (χ0) is 9.84. The highest BCUT2D eigenvalue weighted by Crippen LogP contribution is 2.30. The van der Waals surface area contributed by atoms with E-state index in [0.29, 0.717) is 6.61 Å². The number of rotatable bonds is 2. The highest BCUT2D eigenvalue weighted by Gasteiger charge is 2.32. The van der Waals surface area contributed by atoms with Crippen molar-refractivity contribution in [3.8, 4) is 0 Å². The minimum absolute atomic E-state index is 0.00310. The number of hydrogen-bond donors (Lipinski definition) is 1. The summed E-state index contributed by atoms with van der Waals surface area (Å²) in [6.45, 7) is 4.27. The number of hydrogen-bond acceptors (Lipinski definition) is 3. The van der Waals surface area contributed by atoms with Crippen molar-refractivity contribution in [1.29, 1.82) is 0 Å². The summed E-state index contributed by atoms with van der Waals surface area (Å²) in [4.78, 5) is 11.4. The van der Waals surface area contributed by atoms with Crippen LogP contribution in [0.15, 0.2) is 0 Å². The van der Waals surface area contributed by atoms with Gasteiger partial charge in [-0.1, -0.05) is 6.92 Å². The summed E-state index contributed by atoms with van der Waals surface area (Å²) in [5.74, 6) is 0.160. The Labute approximate surface area is 79.1 Å². The molecule has 0 aromatic carbocycles. The van der Waals surface area contributed by atoms with Gasteiger partial charge in [0.05, 0.1) is 18.6 Å². The number of carbonyl (C=O) groups is 1. The molecule has 0 saturated heterocycles. The van der Waals surface area contributed by atoms with Gasteiger partial charge in [-0.05, 0) is 32.1 Å². The van der Waals surface area contributed by atoms with Gasteiger partial charge in [-0.3, -0.25) is 4.79 Å². The van der Waals surface area contributed by atoms with Crippen molar-refractivity contribution in [1.82, 2.24) is 0 Å². The second kappa shape index (κ2) is 4.61. The molecule has 0 amide bonds. The molecule has 0 spiro atoms. The average Bonchev–Trinajstić information content (AvgIpc) is 2.04. The first-order valence-electron chi connectivity index (χ1n) is 4.99. The molecule has 3 atom stereocenters. The molecule has 13 heavy (non-hydrogen) atoms. The lowest BCUT2D eigenvalue weighted by molar-refractivity contribution is -0.152. The molecule has 0 aromatic rings. The van der Waals surface area contributed by atoms with Crippen molar-refractivity contribution in [2.75, 3.05) is 6.61 Å². The first kappa shape index (κ1) is 10.5. The van der Waals surface area contributed by atoms with Gasteiger partial charge in [-0.25, -0.2) is 0 Å². The summed E-state index contributed by atoms with van der Waals surface area (Å²) >= 11 is 0. The fourth-order valence-corrected chi connectivity index (χ4v) is 1.97. The van der Waals surface area contributed by atoms with Gasteiger partial charge in [-0.15, -0.1) is 0 Å². The van der Waals surface area contributed by atoms with Gasteiger partial charge < -0.3 is 9.84 Å². The summed E-state index contributed by atoms with van der Waals surface area (Å²) in [5.41, 5.74) is 0. The van der Waals surface area contributed by atoms with Gasteiger partial charge in [0.25, 0.3) is 0 Å². The first-order chi connectivity index (χ1) is 6.15. The van der Waals surface area contributed by atoms with Gasteiger partial charge in [0, 0.05) is 0 Å². The second-order valence-corrected chi connectivity index (χ2v) is 3.80. The molecular formula is C10H18O3. The van der Waals surface area contributed by atoms with Crippen LogP contribution in [0.4, 0.5) is 0 Å². The normalized spacial score (nSPS) is 34.2. The van der Waals surface area contributed by atoms with Crippen molar-refractivity contribution in [2.24, 2.45) is 11.8 Å². The fraction of sp³-hybridized carbons (Fsp3) is 0.900. The molecule has 1 saturated carbocycles. The van der Waals surface area contributed by atoms with Gasteiger partial charge in [0.1, 0.15) is 0 Å². The van der Waals surface area contributed by atoms with Gasteiger partial charge in [0.2, 0.25) is 0 Å². The van der Waals surface area contributed by atoms with Crippen molar-refractivity contribution < 1.29 is 14.6 Å². The number of ether oxygens (including phenoxy) is 1. The molecule has 0 aromatic heterocycles. The van der Waals surface area contributed by atoms with E-state index in [2.05, 4.69) is 0 Å². The molecule has 1 aliphatic carbocycles. The smallest absolute Gasteiger partial charge is 0.309 e. The van der Waals surface area contributed by atoms with Gasteiger partial charge >= 0.3 is 5.97 Å². The Kier molecular flexibility index (Phi) is 3.72. The van der Waals surface area contributed by atoms with E-state index in [4.69, 9.17) is 4.74 Å². The van der Waals surface area contributed by atoms with Crippen LogP contribution < -0.4 is 0 Å². The molecule has 0 radical (unpaired) electrons. The van der Waals surface area contributed by atoms with Crippen molar-refractivity contribution in [2.45, 2.75) is 39.2 Å². The van der Waals surface area contributed by atoms with E-state index in [1.807, 2.05) is 13.8 Å². The zero-order valence-electron chi connectivity index (χ0n) is 8.32. The highest BCUT2D eigenvalue weighted by atomic mass is 16.5. The van der Waals surface area contributed by atoms with E-state index in [-0.39, 0.29) is 23.9 Å². The first-order valence-corrected chi connectivity index (χ1v) is 4.99. The minimum Gasteiger partial charge on any atom is -0.466 e. The third kappa shape index (κ3) is 2.69. The molecule has 3 heteroatoms. The quantitative estimate of drug-likeness (QED) is 0.662. The van der Waals surface area contributed by atoms with Crippen LogP contribution in [0.5, 0.6) is 0 Å². The van der Waals surface area contributed by atoms with Crippen LogP contribution in [0.2, 0.25) is 0 Å². The molecule has 0 unspecified atom stereocenters. The maximum Gasteiger partial charge on any atom is 0.309 e. The van der Waals surface area contributed by atoms with E-state index >= 15 is 0 Å². The monoisotopic (exact) mass is 186 g/mol. The standard InChI is InChI=1S/C10H18O3/c1-3-13-10(12)9-5-4-8(11)6-7(9)2/h7-9,11H,3-6H2,1-2H3/t7-,8+,9-/m0/s1. The largest absolute Gasteiger partial charge is 0.466 e. The van der Waals surface area contributed by atoms with E-state index in [1.165, 1.54) is 0 Å². The predicted octanol–water partition coefficient (Wildman–Crippen LogP) is 1.35. The van der Waals surface area contributed by atoms with E-state index in [1.54, 1.807) is 0 Å². The lowest BCUT2D eigenvalue weighted by Gasteiger charge is -2.29. The third-order valence-corrected chi connectivity index (χ3v) is 2.73. The summed E-state index contributed by atoms with van der Waals surface area (Å²) < 4.78 is 4.97. The molecule has 1 aliphatic rings. The Balaban J connectivity index is 2.45. The topological polar surface area (TPSA) is 46.5 Å². The maximum absolute atomic E-state index is 11.4. The van der Waals surface area contributed by atoms with E-state index in [9.17, 15) is 9.90 Å². The van der Waals surface area contributed by atoms with Crippen LogP contribution in [0.3, 0.4) is 0 Å². The molecule has 76 valence electrons. The molecule has 0 aliphatic heterocycles. The van der Waals surface area contributed by atoms with Crippen LogP contribution in [0.1, 0.15) is 33.1 Å². The number of esters is 1. The van der Waals surface area contributed by atoms with Gasteiger partial charge in [-0.2, -0.15) is 0 Å². The number of aliphatic hydroxyl groups excluding tert-OH is 1. The van der Waals surface area contributed by atoms with E-state index in [0.717, 1.165) is 19.3 Å². The van der Waals surface area contributed by atoms with Crippen LogP contribution in [-0.4, -0.2) is 23.8 Å². The van der Waals surface area contributed by atoms with Crippen LogP contribution >= 0.6 is 0 Å². The Morgan fingerprint density at radius 1 is 1.54 bits per heavy atom. The van der Waals surface area contributed by atoms with Crippen molar-refractivity contribution in [3.63, 3.8) is 0 Å². The Morgan fingerprint density at radius 3 is 2.77 bits per heavy atom. The molecule has 0 heterocycles. The maximum atomic E-state index is 11.4. The molecule has 1 fully saturated rings. The van der Waals surface area contributed by atoms with Crippen molar-refractivity contribution in [3.05, 3.63) is 0 Å². The van der Waals surface area contributed by atoms with Crippen molar-refractivity contribution >= 4 is 5.97 Å². The average molecular weight is 186 g/mol. The Bertz CT molecular complexity index is 179. The van der Waals surface area contributed by atoms with Crippen LogP contribution in [0, 0.1) is 11.8 Å². The summed E-state index contributed by atoms with van der Waals surface area (Å²) in [5, 5.41) is 9.36.